The van der Waals surface area contributed by atoms with E-state index >= 15 is 0 Å². The Labute approximate surface area is 303 Å². The summed E-state index contributed by atoms with van der Waals surface area (Å²) in [6.45, 7) is 5.14. The second-order valence-electron chi connectivity index (χ2n) is 11.3. The molecule has 4 aromatic carbocycles. The summed E-state index contributed by atoms with van der Waals surface area (Å²) < 4.78 is 38.2. The van der Waals surface area contributed by atoms with Gasteiger partial charge in [0.2, 0.25) is 0 Å². The van der Waals surface area contributed by atoms with Crippen LogP contribution in [0.4, 0.5) is 0 Å². The van der Waals surface area contributed by atoms with Crippen LogP contribution in [-0.4, -0.2) is 57.4 Å². The molecule has 0 aliphatic heterocycles. The molecule has 0 aliphatic rings. The van der Waals surface area contributed by atoms with Gasteiger partial charge in [-0.2, -0.15) is 0 Å². The molecule has 272 valence electrons. The fourth-order valence-corrected chi connectivity index (χ4v) is 4.47. The highest BCUT2D eigenvalue weighted by atomic mass is 16.6. The first-order valence-corrected chi connectivity index (χ1v) is 17.0. The summed E-state index contributed by atoms with van der Waals surface area (Å²) in [7, 11) is 1.30. The third kappa shape index (κ3) is 12.3. The Hall–Kier alpha value is -6.10. The monoisotopic (exact) mass is 710 g/mol. The van der Waals surface area contributed by atoms with Crippen LogP contribution in [0.3, 0.4) is 0 Å². The number of unbranched alkanes of at least 4 members (excludes halogenated alkanes) is 2. The van der Waals surface area contributed by atoms with Crippen LogP contribution in [0, 0.1) is 0 Å². The molecular formula is C41H42O11. The van der Waals surface area contributed by atoms with Crippen LogP contribution >= 0.6 is 0 Å². The van der Waals surface area contributed by atoms with Gasteiger partial charge in [-0.25, -0.2) is 19.2 Å². The van der Waals surface area contributed by atoms with E-state index < -0.39 is 23.9 Å². The van der Waals surface area contributed by atoms with Crippen molar-refractivity contribution in [2.45, 2.75) is 39.5 Å². The number of methoxy groups -OCH3 is 1. The van der Waals surface area contributed by atoms with E-state index in [1.807, 2.05) is 0 Å². The normalized spacial score (nSPS) is 10.7. The van der Waals surface area contributed by atoms with Crippen molar-refractivity contribution in [2.75, 3.05) is 33.5 Å². The topological polar surface area (TPSA) is 133 Å². The van der Waals surface area contributed by atoms with E-state index in [1.54, 1.807) is 78.9 Å². The molecule has 0 N–H and O–H groups in total. The molecule has 0 fully saturated rings. The average Bonchev–Trinajstić information content (AvgIpc) is 3.17. The van der Waals surface area contributed by atoms with Gasteiger partial charge in [0, 0.05) is 6.08 Å². The highest BCUT2D eigenvalue weighted by Gasteiger charge is 2.21. The fourth-order valence-electron chi connectivity index (χ4n) is 4.47. The van der Waals surface area contributed by atoms with E-state index in [9.17, 15) is 19.2 Å². The van der Waals surface area contributed by atoms with E-state index in [1.165, 1.54) is 31.4 Å². The van der Waals surface area contributed by atoms with Crippen LogP contribution in [0.5, 0.6) is 28.7 Å². The van der Waals surface area contributed by atoms with E-state index in [2.05, 4.69) is 18.6 Å². The molecule has 0 heterocycles. The van der Waals surface area contributed by atoms with Gasteiger partial charge in [0.15, 0.2) is 0 Å². The number of esters is 4. The fraction of sp³-hybridized carbons (Fsp3) is 0.268. The van der Waals surface area contributed by atoms with Crippen LogP contribution < -0.4 is 23.7 Å². The van der Waals surface area contributed by atoms with Crippen molar-refractivity contribution in [3.05, 3.63) is 119 Å². The van der Waals surface area contributed by atoms with Gasteiger partial charge in [0.1, 0.15) is 47.5 Å². The molecule has 0 atom stereocenters. The van der Waals surface area contributed by atoms with Gasteiger partial charge in [0.25, 0.3) is 0 Å². The van der Waals surface area contributed by atoms with Gasteiger partial charge in [0.05, 0.1) is 31.5 Å². The Morgan fingerprint density at radius 1 is 0.558 bits per heavy atom. The molecule has 0 unspecified atom stereocenters. The Balaban J connectivity index is 1.43. The van der Waals surface area contributed by atoms with Crippen molar-refractivity contribution in [1.82, 2.24) is 0 Å². The Morgan fingerprint density at radius 3 is 1.60 bits per heavy atom. The molecule has 0 saturated carbocycles. The molecule has 4 rings (SSSR count). The van der Waals surface area contributed by atoms with Crippen LogP contribution in [0.2, 0.25) is 0 Å². The molecule has 0 aromatic heterocycles. The summed E-state index contributed by atoms with van der Waals surface area (Å²) >= 11 is 0. The minimum atomic E-state index is -0.833. The lowest BCUT2D eigenvalue weighted by Gasteiger charge is -2.13. The number of rotatable bonds is 19. The van der Waals surface area contributed by atoms with Crippen molar-refractivity contribution >= 4 is 30.0 Å². The molecule has 0 amide bonds. The third-order valence-corrected chi connectivity index (χ3v) is 7.38. The van der Waals surface area contributed by atoms with Gasteiger partial charge in [-0.3, -0.25) is 0 Å². The minimum absolute atomic E-state index is 0.0116. The van der Waals surface area contributed by atoms with E-state index in [0.717, 1.165) is 31.2 Å². The lowest BCUT2D eigenvalue weighted by atomic mass is 10.1. The first-order valence-electron chi connectivity index (χ1n) is 17.0. The quantitative estimate of drug-likeness (QED) is 0.0407. The molecule has 0 aliphatic carbocycles. The van der Waals surface area contributed by atoms with Gasteiger partial charge in [-0.15, -0.1) is 0 Å². The molecule has 4 aromatic rings. The summed E-state index contributed by atoms with van der Waals surface area (Å²) in [6, 6.07) is 23.9. The SMILES string of the molecule is CCCCOc1ccc(C(=O)Oc2ccc(OC(=O)c3ccc(OCCCC)cc3)c(C(=O)OCCOc3ccc(C=CC(=O)OC)cc3)c2)cc1. The zero-order valence-corrected chi connectivity index (χ0v) is 29.5. The second-order valence-corrected chi connectivity index (χ2v) is 11.3. The minimum Gasteiger partial charge on any atom is -0.494 e. The summed E-state index contributed by atoms with van der Waals surface area (Å²) in [4.78, 5) is 50.7. The number of hydrogen-bond donors (Lipinski definition) is 0. The molecule has 0 bridgehead atoms. The van der Waals surface area contributed by atoms with Gasteiger partial charge >= 0.3 is 23.9 Å². The summed E-state index contributed by atoms with van der Waals surface area (Å²) in [5, 5.41) is 0. The molecule has 52 heavy (non-hydrogen) atoms. The molecule has 0 saturated heterocycles. The number of carbonyl (C=O) groups is 4. The maximum atomic E-state index is 13.3. The van der Waals surface area contributed by atoms with Gasteiger partial charge < -0.3 is 33.2 Å². The zero-order chi connectivity index (χ0) is 37.1. The van der Waals surface area contributed by atoms with E-state index in [-0.39, 0.29) is 41.4 Å². The molecular weight excluding hydrogens is 668 g/mol. The molecule has 11 nitrogen and oxygen atoms in total. The van der Waals surface area contributed by atoms with Crippen molar-refractivity contribution in [3.63, 3.8) is 0 Å². The van der Waals surface area contributed by atoms with Gasteiger partial charge in [-0.1, -0.05) is 38.8 Å². The first kappa shape index (κ1) is 38.7. The highest BCUT2D eigenvalue weighted by molar-refractivity contribution is 5.97. The number of benzene rings is 4. The number of ether oxygens (including phenoxy) is 7. The smallest absolute Gasteiger partial charge is 0.343 e. The Bertz CT molecular complexity index is 1790. The summed E-state index contributed by atoms with van der Waals surface area (Å²) in [5.74, 6) is -0.975. The maximum Gasteiger partial charge on any atom is 0.343 e. The molecule has 11 heteroatoms. The van der Waals surface area contributed by atoms with Crippen molar-refractivity contribution < 1.29 is 52.3 Å². The van der Waals surface area contributed by atoms with Gasteiger partial charge in [-0.05, 0) is 103 Å². The average molecular weight is 711 g/mol. The zero-order valence-electron chi connectivity index (χ0n) is 29.5. The second kappa shape index (κ2) is 20.5. The lowest BCUT2D eigenvalue weighted by molar-refractivity contribution is -0.134. The standard InChI is InChI=1S/C41H42O11/c1-4-6-24-47-33-17-11-30(12-18-33)39(43)51-35-21-22-37(52-40(44)31-13-19-34(20-14-31)48-25-7-5-2)36(28-35)41(45)50-27-26-49-32-15-8-29(9-16-32)10-23-38(42)46-3/h8-23,28H,4-7,24-27H2,1-3H3. The van der Waals surface area contributed by atoms with E-state index in [0.29, 0.717) is 30.5 Å². The van der Waals surface area contributed by atoms with Crippen LogP contribution in [0.1, 0.15) is 76.2 Å². The van der Waals surface area contributed by atoms with Crippen molar-refractivity contribution in [2.24, 2.45) is 0 Å². The van der Waals surface area contributed by atoms with Crippen LogP contribution in [0.25, 0.3) is 6.08 Å². The first-order chi connectivity index (χ1) is 25.3. The third-order valence-electron chi connectivity index (χ3n) is 7.38. The summed E-state index contributed by atoms with van der Waals surface area (Å²) in [6.07, 6.45) is 6.73. The van der Waals surface area contributed by atoms with Crippen LogP contribution in [0.15, 0.2) is 97.1 Å². The van der Waals surface area contributed by atoms with E-state index in [4.69, 9.17) is 28.4 Å². The summed E-state index contributed by atoms with van der Waals surface area (Å²) in [5.41, 5.74) is 1.13. The van der Waals surface area contributed by atoms with Crippen molar-refractivity contribution in [3.8, 4) is 28.7 Å². The number of carbonyl (C=O) groups excluding carboxylic acids is 4. The maximum absolute atomic E-state index is 13.3. The predicted molar refractivity (Wildman–Crippen MR) is 193 cm³/mol. The lowest BCUT2D eigenvalue weighted by Crippen LogP contribution is -2.16. The highest BCUT2D eigenvalue weighted by Crippen LogP contribution is 2.28. The Morgan fingerprint density at radius 2 is 1.06 bits per heavy atom. The van der Waals surface area contributed by atoms with Crippen LogP contribution in [-0.2, 0) is 14.3 Å². The Kier molecular flexibility index (Phi) is 15.3. The predicted octanol–water partition coefficient (Wildman–Crippen LogP) is 7.90. The number of hydrogen-bond acceptors (Lipinski definition) is 11. The molecule has 0 radical (unpaired) electrons. The van der Waals surface area contributed by atoms with Crippen molar-refractivity contribution in [1.29, 1.82) is 0 Å². The largest absolute Gasteiger partial charge is 0.494 e. The molecule has 0 spiro atoms.